The SMILES string of the molecule is CCC(C)N(C)CCNc1nc(NN)cn2ccnc12. The summed E-state index contributed by atoms with van der Waals surface area (Å²) in [5.41, 5.74) is 3.37. The molecule has 7 nitrogen and oxygen atoms in total. The zero-order chi connectivity index (χ0) is 14.5. The molecule has 1 unspecified atom stereocenters. The normalized spacial score (nSPS) is 12.8. The van der Waals surface area contributed by atoms with Crippen LogP contribution in [0.3, 0.4) is 0 Å². The first-order chi connectivity index (χ1) is 9.65. The minimum Gasteiger partial charge on any atom is -0.366 e. The molecule has 20 heavy (non-hydrogen) atoms. The van der Waals surface area contributed by atoms with Gasteiger partial charge < -0.3 is 20.0 Å². The first-order valence-electron chi connectivity index (χ1n) is 6.90. The van der Waals surface area contributed by atoms with Gasteiger partial charge in [-0.1, -0.05) is 6.92 Å². The molecule has 0 saturated carbocycles. The molecule has 2 aromatic heterocycles. The lowest BCUT2D eigenvalue weighted by Gasteiger charge is -2.23. The summed E-state index contributed by atoms with van der Waals surface area (Å²) in [5, 5.41) is 3.33. The Balaban J connectivity index is 2.04. The van der Waals surface area contributed by atoms with Gasteiger partial charge in [-0.05, 0) is 20.4 Å². The Kier molecular flexibility index (Phi) is 4.75. The van der Waals surface area contributed by atoms with Crippen molar-refractivity contribution < 1.29 is 0 Å². The van der Waals surface area contributed by atoms with Gasteiger partial charge in [0.05, 0.1) is 6.20 Å². The van der Waals surface area contributed by atoms with E-state index in [2.05, 4.69) is 46.5 Å². The number of hydrogen-bond donors (Lipinski definition) is 3. The van der Waals surface area contributed by atoms with Crippen molar-refractivity contribution in [1.82, 2.24) is 19.3 Å². The van der Waals surface area contributed by atoms with Crippen molar-refractivity contribution in [2.45, 2.75) is 26.3 Å². The third-order valence-electron chi connectivity index (χ3n) is 3.62. The van der Waals surface area contributed by atoms with Gasteiger partial charge >= 0.3 is 0 Å². The Labute approximate surface area is 119 Å². The summed E-state index contributed by atoms with van der Waals surface area (Å²) in [7, 11) is 2.13. The average molecular weight is 277 g/mol. The van der Waals surface area contributed by atoms with Gasteiger partial charge in [-0.25, -0.2) is 15.8 Å². The lowest BCUT2D eigenvalue weighted by molar-refractivity contribution is 0.261. The molecular formula is C13H23N7. The lowest BCUT2D eigenvalue weighted by Crippen LogP contribution is -2.32. The van der Waals surface area contributed by atoms with Crippen LogP contribution >= 0.6 is 0 Å². The van der Waals surface area contributed by atoms with Crippen molar-refractivity contribution in [3.05, 3.63) is 18.6 Å². The number of aromatic nitrogens is 3. The van der Waals surface area contributed by atoms with E-state index in [4.69, 9.17) is 5.84 Å². The van der Waals surface area contributed by atoms with Crippen LogP contribution < -0.4 is 16.6 Å². The third kappa shape index (κ3) is 3.17. The maximum Gasteiger partial charge on any atom is 0.180 e. The molecule has 0 bridgehead atoms. The van der Waals surface area contributed by atoms with Crippen LogP contribution in [0.1, 0.15) is 20.3 Å². The number of hydrogen-bond acceptors (Lipinski definition) is 6. The number of nitrogen functional groups attached to an aromatic ring is 1. The number of anilines is 2. The molecule has 0 aliphatic rings. The molecule has 1 atom stereocenters. The Hall–Kier alpha value is -1.86. The Bertz CT molecular complexity index is 551. The van der Waals surface area contributed by atoms with Crippen molar-refractivity contribution >= 4 is 17.3 Å². The molecular weight excluding hydrogens is 254 g/mol. The van der Waals surface area contributed by atoms with Crippen LogP contribution in [0.25, 0.3) is 5.65 Å². The molecule has 110 valence electrons. The van der Waals surface area contributed by atoms with E-state index in [1.54, 1.807) is 12.4 Å². The van der Waals surface area contributed by atoms with Crippen LogP contribution in [0.2, 0.25) is 0 Å². The molecule has 0 spiro atoms. The molecule has 0 radical (unpaired) electrons. The highest BCUT2D eigenvalue weighted by Gasteiger charge is 2.09. The quantitative estimate of drug-likeness (QED) is 0.520. The monoisotopic (exact) mass is 277 g/mol. The molecule has 2 aromatic rings. The number of nitrogens with one attached hydrogen (secondary N) is 2. The van der Waals surface area contributed by atoms with Crippen molar-refractivity contribution in [2.75, 3.05) is 30.9 Å². The average Bonchev–Trinajstić information content (AvgIpc) is 2.94. The van der Waals surface area contributed by atoms with E-state index in [1.165, 1.54) is 0 Å². The molecule has 4 N–H and O–H groups in total. The standard InChI is InChI=1S/C13H23N7/c1-4-10(2)19(3)7-5-15-12-13-16-6-8-20(13)9-11(17-12)18-14/h6,8-10,18H,4-5,7,14H2,1-3H3,(H,15,17). The molecule has 0 amide bonds. The van der Waals surface area contributed by atoms with Gasteiger partial charge in [0.2, 0.25) is 0 Å². The van der Waals surface area contributed by atoms with E-state index < -0.39 is 0 Å². The van der Waals surface area contributed by atoms with Gasteiger partial charge in [0.1, 0.15) is 0 Å². The predicted molar refractivity (Wildman–Crippen MR) is 81.7 cm³/mol. The molecule has 2 heterocycles. The smallest absolute Gasteiger partial charge is 0.180 e. The number of rotatable bonds is 7. The maximum absolute atomic E-state index is 5.43. The van der Waals surface area contributed by atoms with Gasteiger partial charge in [-0.3, -0.25) is 0 Å². The largest absolute Gasteiger partial charge is 0.366 e. The maximum atomic E-state index is 5.43. The first-order valence-corrected chi connectivity index (χ1v) is 6.90. The van der Waals surface area contributed by atoms with Crippen molar-refractivity contribution in [3.63, 3.8) is 0 Å². The fourth-order valence-electron chi connectivity index (χ4n) is 2.00. The molecule has 0 aliphatic carbocycles. The first kappa shape index (κ1) is 14.5. The number of hydrazine groups is 1. The minimum absolute atomic E-state index is 0.577. The van der Waals surface area contributed by atoms with Gasteiger partial charge in [0, 0.05) is 31.5 Å². The Morgan fingerprint density at radius 3 is 3.00 bits per heavy atom. The lowest BCUT2D eigenvalue weighted by atomic mass is 10.2. The zero-order valence-corrected chi connectivity index (χ0v) is 12.3. The van der Waals surface area contributed by atoms with Crippen molar-refractivity contribution in [2.24, 2.45) is 5.84 Å². The van der Waals surface area contributed by atoms with Crippen LogP contribution in [-0.4, -0.2) is 45.4 Å². The molecule has 0 aromatic carbocycles. The van der Waals surface area contributed by atoms with Gasteiger partial charge in [-0.15, -0.1) is 0 Å². The summed E-state index contributed by atoms with van der Waals surface area (Å²) in [6.45, 7) is 6.18. The number of imidazole rings is 1. The summed E-state index contributed by atoms with van der Waals surface area (Å²) >= 11 is 0. The van der Waals surface area contributed by atoms with Crippen LogP contribution in [-0.2, 0) is 0 Å². The highest BCUT2D eigenvalue weighted by atomic mass is 15.3. The van der Waals surface area contributed by atoms with Gasteiger partial charge in [0.15, 0.2) is 17.3 Å². The zero-order valence-electron chi connectivity index (χ0n) is 12.3. The van der Waals surface area contributed by atoms with E-state index in [-0.39, 0.29) is 0 Å². The second-order valence-corrected chi connectivity index (χ2v) is 4.94. The van der Waals surface area contributed by atoms with Gasteiger partial charge in [-0.2, -0.15) is 0 Å². The van der Waals surface area contributed by atoms with E-state index >= 15 is 0 Å². The number of nitrogens with zero attached hydrogens (tertiary/aromatic N) is 4. The van der Waals surface area contributed by atoms with Gasteiger partial charge in [0.25, 0.3) is 0 Å². The van der Waals surface area contributed by atoms with Crippen LogP contribution in [0.4, 0.5) is 11.6 Å². The minimum atomic E-state index is 0.577. The second-order valence-electron chi connectivity index (χ2n) is 4.94. The van der Waals surface area contributed by atoms with Crippen molar-refractivity contribution in [1.29, 1.82) is 0 Å². The summed E-state index contributed by atoms with van der Waals surface area (Å²) in [6.07, 6.45) is 6.56. The van der Waals surface area contributed by atoms with Crippen molar-refractivity contribution in [3.8, 4) is 0 Å². The summed E-state index contributed by atoms with van der Waals surface area (Å²) in [4.78, 5) is 11.0. The van der Waals surface area contributed by atoms with Crippen LogP contribution in [0.15, 0.2) is 18.6 Å². The topological polar surface area (TPSA) is 83.5 Å². The molecule has 0 aliphatic heterocycles. The summed E-state index contributed by atoms with van der Waals surface area (Å²) in [5.74, 6) is 6.77. The van der Waals surface area contributed by atoms with E-state index in [0.29, 0.717) is 11.9 Å². The molecule has 0 saturated heterocycles. The summed E-state index contributed by atoms with van der Waals surface area (Å²) < 4.78 is 1.89. The third-order valence-corrected chi connectivity index (χ3v) is 3.62. The van der Waals surface area contributed by atoms with Crippen LogP contribution in [0, 0.1) is 0 Å². The molecule has 7 heteroatoms. The predicted octanol–water partition coefficient (Wildman–Crippen LogP) is 1.16. The number of nitrogens with two attached hydrogens (primary N) is 1. The fraction of sp³-hybridized carbons (Fsp3) is 0.538. The van der Waals surface area contributed by atoms with E-state index in [1.807, 2.05) is 10.6 Å². The number of likely N-dealkylation sites (N-methyl/N-ethyl adjacent to an activating group) is 1. The second kappa shape index (κ2) is 6.53. The Morgan fingerprint density at radius 1 is 1.50 bits per heavy atom. The molecule has 2 rings (SSSR count). The summed E-state index contributed by atoms with van der Waals surface area (Å²) in [6, 6.07) is 0.577. The number of fused-ring (bicyclic) bond motifs is 1. The highest BCUT2D eigenvalue weighted by molar-refractivity contribution is 5.65. The fourth-order valence-corrected chi connectivity index (χ4v) is 2.00. The highest BCUT2D eigenvalue weighted by Crippen LogP contribution is 2.15. The molecule has 0 fully saturated rings. The van der Waals surface area contributed by atoms with E-state index in [0.717, 1.165) is 31.0 Å². The van der Waals surface area contributed by atoms with Crippen LogP contribution in [0.5, 0.6) is 0 Å². The Morgan fingerprint density at radius 2 is 2.30 bits per heavy atom. The van der Waals surface area contributed by atoms with E-state index in [9.17, 15) is 0 Å².